The smallest absolute Gasteiger partial charge is 0.234 e. The van der Waals surface area contributed by atoms with Crippen molar-refractivity contribution in [2.45, 2.75) is 46.4 Å². The van der Waals surface area contributed by atoms with Crippen molar-refractivity contribution in [3.8, 4) is 5.75 Å². The molecule has 3 rings (SSSR count). The molecule has 0 atom stereocenters. The van der Waals surface area contributed by atoms with Gasteiger partial charge >= 0.3 is 0 Å². The molecule has 0 aliphatic rings. The SMILES string of the molecule is Cc1cc(C)c(NC(=O)CSc2nnc(COc3cccc(C)c3C)n2C)c(C)c1. The van der Waals surface area contributed by atoms with Gasteiger partial charge in [0.1, 0.15) is 12.4 Å². The lowest BCUT2D eigenvalue weighted by Crippen LogP contribution is -2.16. The fraction of sp³-hybridized carbons (Fsp3) is 0.348. The lowest BCUT2D eigenvalue weighted by molar-refractivity contribution is -0.113. The third-order valence-corrected chi connectivity index (χ3v) is 6.13. The van der Waals surface area contributed by atoms with Crippen molar-refractivity contribution < 1.29 is 9.53 Å². The first kappa shape index (κ1) is 21.9. The Morgan fingerprint density at radius 3 is 2.47 bits per heavy atom. The van der Waals surface area contributed by atoms with Gasteiger partial charge in [0.15, 0.2) is 11.0 Å². The Labute approximate surface area is 182 Å². The highest BCUT2D eigenvalue weighted by atomic mass is 32.2. The van der Waals surface area contributed by atoms with Crippen molar-refractivity contribution in [3.05, 3.63) is 64.0 Å². The van der Waals surface area contributed by atoms with Gasteiger partial charge in [-0.05, 0) is 62.9 Å². The van der Waals surface area contributed by atoms with Crippen LogP contribution in [0.3, 0.4) is 0 Å². The third-order valence-electron chi connectivity index (χ3n) is 5.11. The van der Waals surface area contributed by atoms with Crippen molar-refractivity contribution in [1.82, 2.24) is 14.8 Å². The molecule has 1 aromatic heterocycles. The van der Waals surface area contributed by atoms with E-state index in [1.54, 1.807) is 0 Å². The van der Waals surface area contributed by atoms with E-state index < -0.39 is 0 Å². The molecule has 0 aliphatic heterocycles. The number of benzene rings is 2. The summed E-state index contributed by atoms with van der Waals surface area (Å²) in [6, 6.07) is 10.1. The fourth-order valence-corrected chi connectivity index (χ4v) is 4.03. The zero-order chi connectivity index (χ0) is 21.8. The summed E-state index contributed by atoms with van der Waals surface area (Å²) in [6.07, 6.45) is 0. The number of thioether (sulfide) groups is 1. The van der Waals surface area contributed by atoms with Crippen molar-refractivity contribution in [1.29, 1.82) is 0 Å². The van der Waals surface area contributed by atoms with Gasteiger partial charge in [0.2, 0.25) is 5.91 Å². The molecule has 0 fully saturated rings. The zero-order valence-electron chi connectivity index (χ0n) is 18.4. The molecule has 3 aromatic rings. The van der Waals surface area contributed by atoms with Gasteiger partial charge in [0.05, 0.1) is 5.75 Å². The number of aryl methyl sites for hydroxylation is 4. The Morgan fingerprint density at radius 1 is 1.07 bits per heavy atom. The van der Waals surface area contributed by atoms with Crippen LogP contribution in [0.4, 0.5) is 5.69 Å². The van der Waals surface area contributed by atoms with E-state index >= 15 is 0 Å². The molecular weight excluding hydrogens is 396 g/mol. The van der Waals surface area contributed by atoms with Crippen LogP contribution < -0.4 is 10.1 Å². The molecule has 0 saturated carbocycles. The largest absolute Gasteiger partial charge is 0.485 e. The van der Waals surface area contributed by atoms with Crippen LogP contribution in [0, 0.1) is 34.6 Å². The van der Waals surface area contributed by atoms with Crippen molar-refractivity contribution in [2.75, 3.05) is 11.1 Å². The fourth-order valence-electron chi connectivity index (χ4n) is 3.30. The number of amides is 1. The molecule has 6 nitrogen and oxygen atoms in total. The van der Waals surface area contributed by atoms with E-state index in [0.29, 0.717) is 17.6 Å². The van der Waals surface area contributed by atoms with Gasteiger partial charge in [-0.15, -0.1) is 10.2 Å². The number of anilines is 1. The summed E-state index contributed by atoms with van der Waals surface area (Å²) in [5, 5.41) is 12.1. The second-order valence-electron chi connectivity index (χ2n) is 7.56. The number of rotatable bonds is 7. The highest BCUT2D eigenvalue weighted by Gasteiger charge is 2.14. The van der Waals surface area contributed by atoms with E-state index in [4.69, 9.17) is 4.74 Å². The molecule has 158 valence electrons. The average Bonchev–Trinajstić information content (AvgIpc) is 3.04. The van der Waals surface area contributed by atoms with Crippen molar-refractivity contribution in [2.24, 2.45) is 7.05 Å². The van der Waals surface area contributed by atoms with Gasteiger partial charge in [-0.2, -0.15) is 0 Å². The molecule has 30 heavy (non-hydrogen) atoms. The maximum Gasteiger partial charge on any atom is 0.234 e. The Kier molecular flexibility index (Phi) is 6.82. The summed E-state index contributed by atoms with van der Waals surface area (Å²) in [7, 11) is 1.89. The van der Waals surface area contributed by atoms with E-state index in [-0.39, 0.29) is 11.7 Å². The van der Waals surface area contributed by atoms with Crippen LogP contribution in [0.5, 0.6) is 5.75 Å². The van der Waals surface area contributed by atoms with Crippen LogP contribution >= 0.6 is 11.8 Å². The molecule has 0 unspecified atom stereocenters. The molecule has 1 N–H and O–H groups in total. The highest BCUT2D eigenvalue weighted by molar-refractivity contribution is 7.99. The Balaban J connectivity index is 1.59. The molecule has 1 heterocycles. The lowest BCUT2D eigenvalue weighted by atomic mass is 10.1. The summed E-state index contributed by atoms with van der Waals surface area (Å²) < 4.78 is 7.79. The van der Waals surface area contributed by atoms with Crippen molar-refractivity contribution >= 4 is 23.4 Å². The number of carbonyl (C=O) groups is 1. The van der Waals surface area contributed by atoms with E-state index in [0.717, 1.165) is 28.1 Å². The molecule has 0 bridgehead atoms. The van der Waals surface area contributed by atoms with Crippen molar-refractivity contribution in [3.63, 3.8) is 0 Å². The number of ether oxygens (including phenoxy) is 1. The Morgan fingerprint density at radius 2 is 1.77 bits per heavy atom. The summed E-state index contributed by atoms with van der Waals surface area (Å²) >= 11 is 1.36. The van der Waals surface area contributed by atoms with Crippen LogP contribution in [-0.2, 0) is 18.4 Å². The maximum absolute atomic E-state index is 12.5. The zero-order valence-corrected chi connectivity index (χ0v) is 19.2. The number of hydrogen-bond acceptors (Lipinski definition) is 5. The minimum Gasteiger partial charge on any atom is -0.485 e. The molecule has 0 saturated heterocycles. The first-order chi connectivity index (χ1) is 14.3. The molecule has 0 spiro atoms. The monoisotopic (exact) mass is 424 g/mol. The topological polar surface area (TPSA) is 69.0 Å². The second-order valence-corrected chi connectivity index (χ2v) is 8.50. The number of nitrogens with zero attached hydrogens (tertiary/aromatic N) is 3. The number of aromatic nitrogens is 3. The summed E-state index contributed by atoms with van der Waals surface area (Å²) in [5.41, 5.74) is 6.50. The number of carbonyl (C=O) groups excluding carboxylic acids is 1. The number of nitrogens with one attached hydrogen (secondary N) is 1. The minimum absolute atomic E-state index is 0.0637. The summed E-state index contributed by atoms with van der Waals surface area (Å²) in [4.78, 5) is 12.5. The van der Waals surface area contributed by atoms with Gasteiger partial charge in [-0.3, -0.25) is 4.79 Å². The third kappa shape index (κ3) is 5.02. The predicted octanol–water partition coefficient (Wildman–Crippen LogP) is 4.67. The second kappa shape index (κ2) is 9.34. The van der Waals surface area contributed by atoms with Gasteiger partial charge in [-0.25, -0.2) is 0 Å². The Hall–Kier alpha value is -2.80. The minimum atomic E-state index is -0.0637. The first-order valence-corrected chi connectivity index (χ1v) is 10.8. The first-order valence-electron chi connectivity index (χ1n) is 9.84. The number of hydrogen-bond donors (Lipinski definition) is 1. The molecule has 0 aliphatic carbocycles. The quantitative estimate of drug-likeness (QED) is 0.558. The van der Waals surface area contributed by atoms with E-state index in [9.17, 15) is 4.79 Å². The lowest BCUT2D eigenvalue weighted by Gasteiger charge is -2.12. The summed E-state index contributed by atoms with van der Waals surface area (Å²) in [6.45, 7) is 10.5. The molecule has 2 aromatic carbocycles. The van der Waals surface area contributed by atoms with Crippen LogP contribution in [0.25, 0.3) is 0 Å². The molecular formula is C23H28N4O2S. The van der Waals surface area contributed by atoms with Gasteiger partial charge in [0.25, 0.3) is 0 Å². The average molecular weight is 425 g/mol. The van der Waals surface area contributed by atoms with E-state index in [1.807, 2.05) is 44.5 Å². The molecule has 1 amide bonds. The van der Waals surface area contributed by atoms with Gasteiger partial charge < -0.3 is 14.6 Å². The standard InChI is InChI=1S/C23H28N4O2S/c1-14-10-16(3)22(17(4)11-14)24-21(28)13-30-23-26-25-20(27(23)6)12-29-19-9-7-8-15(2)18(19)5/h7-11H,12-13H2,1-6H3,(H,24,28). The summed E-state index contributed by atoms with van der Waals surface area (Å²) in [5.74, 6) is 1.75. The van der Waals surface area contributed by atoms with Gasteiger partial charge in [0, 0.05) is 12.7 Å². The highest BCUT2D eigenvalue weighted by Crippen LogP contribution is 2.24. The predicted molar refractivity (Wildman–Crippen MR) is 121 cm³/mol. The molecule has 0 radical (unpaired) electrons. The van der Waals surface area contributed by atoms with Gasteiger partial charge in [-0.1, -0.05) is 41.6 Å². The van der Waals surface area contributed by atoms with Crippen LogP contribution in [0.15, 0.2) is 35.5 Å². The van der Waals surface area contributed by atoms with E-state index in [1.165, 1.54) is 22.9 Å². The van der Waals surface area contributed by atoms with E-state index in [2.05, 4.69) is 47.6 Å². The maximum atomic E-state index is 12.5. The Bertz CT molecular complexity index is 1050. The molecule has 7 heteroatoms. The normalized spacial score (nSPS) is 10.9. The van der Waals surface area contributed by atoms with Crippen LogP contribution in [0.2, 0.25) is 0 Å². The van der Waals surface area contributed by atoms with Crippen LogP contribution in [-0.4, -0.2) is 26.4 Å². The van der Waals surface area contributed by atoms with Crippen LogP contribution in [0.1, 0.15) is 33.6 Å².